The molecule has 2 aromatic rings. The van der Waals surface area contributed by atoms with Crippen LogP contribution in [0.25, 0.3) is 0 Å². The minimum absolute atomic E-state index is 0.340. The number of anilines is 2. The van der Waals surface area contributed by atoms with Crippen LogP contribution in [0.15, 0.2) is 48.5 Å². The first-order valence-corrected chi connectivity index (χ1v) is 11.3. The molecule has 0 radical (unpaired) electrons. The predicted octanol–water partition coefficient (Wildman–Crippen LogP) is 3.68. The monoisotopic (exact) mass is 426 g/mol. The molecule has 2 aromatic carbocycles. The van der Waals surface area contributed by atoms with Crippen molar-refractivity contribution in [1.29, 1.82) is 0 Å². The second-order valence-electron chi connectivity index (χ2n) is 8.11. The first kappa shape index (κ1) is 22.1. The van der Waals surface area contributed by atoms with Crippen LogP contribution in [-0.4, -0.2) is 65.2 Å². The van der Waals surface area contributed by atoms with E-state index in [0.29, 0.717) is 38.9 Å². The van der Waals surface area contributed by atoms with Crippen molar-refractivity contribution in [3.63, 3.8) is 0 Å². The van der Waals surface area contributed by atoms with Crippen LogP contribution < -0.4 is 9.80 Å². The van der Waals surface area contributed by atoms with E-state index in [1.165, 1.54) is 22.5 Å². The summed E-state index contributed by atoms with van der Waals surface area (Å²) in [7, 11) is 0. The maximum absolute atomic E-state index is 5.64. The second kappa shape index (κ2) is 11.0. The van der Waals surface area contributed by atoms with E-state index in [1.807, 2.05) is 13.8 Å². The molecular formula is C25H34N2O4. The third-order valence-corrected chi connectivity index (χ3v) is 5.57. The van der Waals surface area contributed by atoms with Gasteiger partial charge in [0.25, 0.3) is 0 Å². The topological polar surface area (TPSA) is 50.0 Å². The van der Waals surface area contributed by atoms with Crippen LogP contribution in [0.4, 0.5) is 11.4 Å². The second-order valence-corrected chi connectivity index (χ2v) is 8.11. The summed E-state index contributed by atoms with van der Waals surface area (Å²) in [5.74, 6) is 0. The van der Waals surface area contributed by atoms with Crippen LogP contribution in [0.2, 0.25) is 0 Å². The molecule has 6 heteroatoms. The Bertz CT molecular complexity index is 721. The zero-order chi connectivity index (χ0) is 21.5. The summed E-state index contributed by atoms with van der Waals surface area (Å²) in [5.41, 5.74) is 4.95. The van der Waals surface area contributed by atoms with Crippen molar-refractivity contribution in [2.75, 3.05) is 62.8 Å². The van der Waals surface area contributed by atoms with Gasteiger partial charge in [-0.25, -0.2) is 0 Å². The lowest BCUT2D eigenvalue weighted by molar-refractivity contribution is 0.146. The van der Waals surface area contributed by atoms with E-state index < -0.39 is 0 Å². The third kappa shape index (κ3) is 6.94. The lowest BCUT2D eigenvalue weighted by Crippen LogP contribution is -2.30. The van der Waals surface area contributed by atoms with E-state index in [1.54, 1.807) is 0 Å². The molecule has 2 saturated heterocycles. The summed E-state index contributed by atoms with van der Waals surface area (Å²) in [4.78, 5) is 4.49. The maximum atomic E-state index is 5.64. The number of nitrogens with zero attached hydrogens (tertiary/aromatic N) is 2. The molecule has 6 nitrogen and oxygen atoms in total. The van der Waals surface area contributed by atoms with Crippen molar-refractivity contribution < 1.29 is 18.9 Å². The Hall–Kier alpha value is -2.12. The van der Waals surface area contributed by atoms with Gasteiger partial charge in [-0.15, -0.1) is 0 Å². The molecule has 2 aliphatic rings. The molecule has 0 aliphatic carbocycles. The van der Waals surface area contributed by atoms with Gasteiger partial charge in [-0.3, -0.25) is 0 Å². The Morgan fingerprint density at radius 1 is 0.710 bits per heavy atom. The highest BCUT2D eigenvalue weighted by Gasteiger charge is 2.26. The molecule has 0 aromatic heterocycles. The van der Waals surface area contributed by atoms with E-state index in [9.17, 15) is 0 Å². The van der Waals surface area contributed by atoms with Gasteiger partial charge in [-0.05, 0) is 55.7 Å². The Morgan fingerprint density at radius 2 is 1.10 bits per heavy atom. The van der Waals surface area contributed by atoms with E-state index >= 15 is 0 Å². The average molecular weight is 427 g/mol. The maximum Gasteiger partial charge on any atom is 0.119 e. The average Bonchev–Trinajstić information content (AvgIpc) is 3.72. The highest BCUT2D eigenvalue weighted by Crippen LogP contribution is 2.23. The van der Waals surface area contributed by atoms with Crippen molar-refractivity contribution in [3.05, 3.63) is 59.7 Å². The number of benzene rings is 2. The summed E-state index contributed by atoms with van der Waals surface area (Å²) in [6.45, 7) is 10.1. The van der Waals surface area contributed by atoms with Crippen molar-refractivity contribution in [2.24, 2.45) is 0 Å². The van der Waals surface area contributed by atoms with Gasteiger partial charge in [0.15, 0.2) is 0 Å². The molecular weight excluding hydrogens is 392 g/mol. The predicted molar refractivity (Wildman–Crippen MR) is 123 cm³/mol. The van der Waals surface area contributed by atoms with Gasteiger partial charge in [0.1, 0.15) is 13.5 Å². The summed E-state index contributed by atoms with van der Waals surface area (Å²) in [6, 6.07) is 17.6. The Labute approximate surface area is 185 Å². The molecule has 0 amide bonds. The van der Waals surface area contributed by atoms with Crippen LogP contribution in [0, 0.1) is 0 Å². The van der Waals surface area contributed by atoms with Gasteiger partial charge in [0.05, 0.1) is 25.4 Å². The zero-order valence-electron chi connectivity index (χ0n) is 18.7. The summed E-state index contributed by atoms with van der Waals surface area (Å²) in [6.07, 6.45) is 1.59. The first-order chi connectivity index (χ1) is 15.2. The standard InChI is InChI=1S/C25H34N2O4/c1-3-28-18-26(14-24-16-30-24)22-9-5-20(6-10-22)13-21-7-11-23(12-8-21)27(19-29-4-2)15-25-17-31-25/h5-12,24-25H,3-4,13-19H2,1-2H3. The molecule has 4 rings (SSSR count). The minimum Gasteiger partial charge on any atom is -0.371 e. The van der Waals surface area contributed by atoms with Crippen molar-refractivity contribution in [3.8, 4) is 0 Å². The fraction of sp³-hybridized carbons (Fsp3) is 0.520. The van der Waals surface area contributed by atoms with Gasteiger partial charge < -0.3 is 28.7 Å². The molecule has 0 saturated carbocycles. The SMILES string of the molecule is CCOCN(CC1CO1)c1ccc(Cc2ccc(N(COCC)CC3CO3)cc2)cc1. The van der Waals surface area contributed by atoms with Crippen LogP contribution in [0.5, 0.6) is 0 Å². The van der Waals surface area contributed by atoms with Crippen LogP contribution in [0.3, 0.4) is 0 Å². The Balaban J connectivity index is 1.35. The molecule has 0 bridgehead atoms. The molecule has 2 atom stereocenters. The van der Waals surface area contributed by atoms with Gasteiger partial charge >= 0.3 is 0 Å². The number of hydrogen-bond donors (Lipinski definition) is 0. The molecule has 168 valence electrons. The largest absolute Gasteiger partial charge is 0.371 e. The normalized spacial score (nSPS) is 19.3. The molecule has 2 heterocycles. The fourth-order valence-electron chi connectivity index (χ4n) is 3.59. The Kier molecular flexibility index (Phi) is 7.81. The number of epoxide rings is 2. The third-order valence-electron chi connectivity index (χ3n) is 5.57. The number of hydrogen-bond acceptors (Lipinski definition) is 6. The van der Waals surface area contributed by atoms with Gasteiger partial charge in [-0.1, -0.05) is 24.3 Å². The zero-order valence-corrected chi connectivity index (χ0v) is 18.7. The van der Waals surface area contributed by atoms with E-state index in [2.05, 4.69) is 58.3 Å². The van der Waals surface area contributed by atoms with Crippen molar-refractivity contribution in [2.45, 2.75) is 32.5 Å². The molecule has 31 heavy (non-hydrogen) atoms. The van der Waals surface area contributed by atoms with Crippen LogP contribution in [-0.2, 0) is 25.4 Å². The van der Waals surface area contributed by atoms with Crippen LogP contribution >= 0.6 is 0 Å². The summed E-state index contributed by atoms with van der Waals surface area (Å²) >= 11 is 0. The summed E-state index contributed by atoms with van der Waals surface area (Å²) in [5, 5.41) is 0. The quantitative estimate of drug-likeness (QED) is 0.339. The van der Waals surface area contributed by atoms with E-state index in [4.69, 9.17) is 18.9 Å². The number of rotatable bonds is 14. The highest BCUT2D eigenvalue weighted by atomic mass is 16.6. The van der Waals surface area contributed by atoms with Crippen molar-refractivity contribution in [1.82, 2.24) is 0 Å². The molecule has 2 aliphatic heterocycles. The lowest BCUT2D eigenvalue weighted by atomic mass is 10.0. The van der Waals surface area contributed by atoms with Gasteiger partial charge in [0.2, 0.25) is 0 Å². The molecule has 2 unspecified atom stereocenters. The van der Waals surface area contributed by atoms with E-state index in [0.717, 1.165) is 32.7 Å². The summed E-state index contributed by atoms with van der Waals surface area (Å²) < 4.78 is 22.1. The smallest absolute Gasteiger partial charge is 0.119 e. The van der Waals surface area contributed by atoms with Crippen LogP contribution in [0.1, 0.15) is 25.0 Å². The molecule has 0 spiro atoms. The van der Waals surface area contributed by atoms with Crippen molar-refractivity contribution >= 4 is 11.4 Å². The minimum atomic E-state index is 0.340. The van der Waals surface area contributed by atoms with E-state index in [-0.39, 0.29) is 0 Å². The highest BCUT2D eigenvalue weighted by molar-refractivity contribution is 5.50. The Morgan fingerprint density at radius 3 is 1.42 bits per heavy atom. The van der Waals surface area contributed by atoms with Gasteiger partial charge in [0, 0.05) is 37.7 Å². The first-order valence-electron chi connectivity index (χ1n) is 11.3. The molecule has 0 N–H and O–H groups in total. The molecule has 2 fully saturated rings. The number of ether oxygens (including phenoxy) is 4. The van der Waals surface area contributed by atoms with Gasteiger partial charge in [-0.2, -0.15) is 0 Å². The lowest BCUT2D eigenvalue weighted by Gasteiger charge is -2.24. The fourth-order valence-corrected chi connectivity index (χ4v) is 3.59.